The van der Waals surface area contributed by atoms with Crippen molar-refractivity contribution >= 4 is 6.21 Å². The molecule has 2 N–H and O–H groups in total. The molecular weight excluding hydrogens is 130 g/mol. The van der Waals surface area contributed by atoms with E-state index in [4.69, 9.17) is 5.11 Å². The lowest BCUT2D eigenvalue weighted by Crippen LogP contribution is -2.40. The van der Waals surface area contributed by atoms with Crippen LogP contribution in [0, 0.1) is 0 Å². The zero-order valence-electron chi connectivity index (χ0n) is 6.07. The fourth-order valence-corrected chi connectivity index (χ4v) is 0.754. The lowest BCUT2D eigenvalue weighted by Gasteiger charge is -2.29. The van der Waals surface area contributed by atoms with Crippen LogP contribution in [0.5, 0.6) is 0 Å². The lowest BCUT2D eigenvalue weighted by atomic mass is 9.94. The summed E-state index contributed by atoms with van der Waals surface area (Å²) in [5.41, 5.74) is -0.454. The number of aliphatic hydroxyl groups excluding tert-OH is 1. The molecule has 0 fully saturated rings. The van der Waals surface area contributed by atoms with Gasteiger partial charge in [0.05, 0.1) is 0 Å². The van der Waals surface area contributed by atoms with E-state index in [1.165, 1.54) is 6.21 Å². The molecule has 10 heavy (non-hydrogen) atoms. The van der Waals surface area contributed by atoms with Crippen molar-refractivity contribution in [1.29, 1.82) is 0 Å². The van der Waals surface area contributed by atoms with Crippen LogP contribution in [-0.2, 0) is 0 Å². The largest absolute Gasteiger partial charge is 0.381 e. The molecule has 1 heterocycles. The van der Waals surface area contributed by atoms with Crippen LogP contribution in [0.2, 0.25) is 0 Å². The van der Waals surface area contributed by atoms with E-state index in [0.29, 0.717) is 0 Å². The van der Waals surface area contributed by atoms with Crippen molar-refractivity contribution < 1.29 is 10.2 Å². The van der Waals surface area contributed by atoms with Gasteiger partial charge in [0.25, 0.3) is 0 Å². The first-order valence-corrected chi connectivity index (χ1v) is 3.16. The maximum absolute atomic E-state index is 9.48. The van der Waals surface area contributed by atoms with E-state index < -0.39 is 11.8 Å². The average molecular weight is 141 g/mol. The van der Waals surface area contributed by atoms with Gasteiger partial charge < -0.3 is 10.2 Å². The molecule has 0 spiro atoms. The number of hydrogen-bond acceptors (Lipinski definition) is 3. The minimum absolute atomic E-state index is 0.731. The summed E-state index contributed by atoms with van der Waals surface area (Å²) < 4.78 is 0. The van der Waals surface area contributed by atoms with Gasteiger partial charge in [-0.25, -0.2) is 0 Å². The summed E-state index contributed by atoms with van der Waals surface area (Å²) in [6, 6.07) is 0. The number of aliphatic imine (C=N–C) groups is 1. The third-order valence-electron chi connectivity index (χ3n) is 1.85. The van der Waals surface area contributed by atoms with Crippen molar-refractivity contribution in [2.24, 2.45) is 4.99 Å². The second-order valence-electron chi connectivity index (χ2n) is 2.67. The number of hydrogen-bond donors (Lipinski definition) is 2. The predicted octanol–water partition coefficient (Wildman–Crippen LogP) is 0.0865. The molecule has 3 heteroatoms. The normalized spacial score (nSPS) is 39.6. The van der Waals surface area contributed by atoms with E-state index in [-0.39, 0.29) is 0 Å². The summed E-state index contributed by atoms with van der Waals surface area (Å²) in [6.45, 7) is 3.30. The van der Waals surface area contributed by atoms with Crippen molar-refractivity contribution in [2.45, 2.75) is 25.7 Å². The van der Waals surface area contributed by atoms with Crippen molar-refractivity contribution in [1.82, 2.24) is 0 Å². The first-order chi connectivity index (χ1) is 4.55. The highest BCUT2D eigenvalue weighted by molar-refractivity contribution is 5.74. The van der Waals surface area contributed by atoms with Crippen LogP contribution >= 0.6 is 0 Å². The van der Waals surface area contributed by atoms with Gasteiger partial charge in [0, 0.05) is 6.21 Å². The molecule has 0 aromatic heterocycles. The van der Waals surface area contributed by atoms with Gasteiger partial charge in [-0.05, 0) is 25.5 Å². The van der Waals surface area contributed by atoms with Gasteiger partial charge in [0.15, 0.2) is 6.23 Å². The van der Waals surface area contributed by atoms with E-state index in [1.807, 2.05) is 0 Å². The van der Waals surface area contributed by atoms with E-state index in [9.17, 15) is 5.11 Å². The molecule has 0 aliphatic carbocycles. The Hall–Kier alpha value is -0.670. The van der Waals surface area contributed by atoms with Crippen LogP contribution in [0.4, 0.5) is 0 Å². The fourth-order valence-electron chi connectivity index (χ4n) is 0.754. The number of nitrogens with zero attached hydrogens (tertiary/aromatic N) is 1. The summed E-state index contributed by atoms with van der Waals surface area (Å²) in [4.78, 5) is 3.64. The molecular formula is C7H11NO2. The van der Waals surface area contributed by atoms with Gasteiger partial charge in [-0.1, -0.05) is 0 Å². The highest BCUT2D eigenvalue weighted by Crippen LogP contribution is 2.22. The van der Waals surface area contributed by atoms with E-state index in [1.54, 1.807) is 19.9 Å². The molecule has 0 aromatic rings. The second-order valence-corrected chi connectivity index (χ2v) is 2.67. The Labute approximate surface area is 59.7 Å². The monoisotopic (exact) mass is 141 g/mol. The zero-order chi connectivity index (χ0) is 7.78. The highest BCUT2D eigenvalue weighted by atomic mass is 16.4. The molecule has 1 rings (SSSR count). The molecule has 3 nitrogen and oxygen atoms in total. The van der Waals surface area contributed by atoms with E-state index in [2.05, 4.69) is 4.99 Å². The standard InChI is InChI=1S/C7H11NO2/c1-5-3-4-8-6(9)7(5,2)10/h3-4,6,9-10H,1-2H3. The van der Waals surface area contributed by atoms with Crippen LogP contribution in [0.3, 0.4) is 0 Å². The summed E-state index contributed by atoms with van der Waals surface area (Å²) in [5.74, 6) is 0. The second kappa shape index (κ2) is 2.18. The Morgan fingerprint density at radius 3 is 2.70 bits per heavy atom. The van der Waals surface area contributed by atoms with Crippen molar-refractivity contribution in [3.05, 3.63) is 11.6 Å². The van der Waals surface area contributed by atoms with Gasteiger partial charge in [0.1, 0.15) is 5.60 Å². The zero-order valence-corrected chi connectivity index (χ0v) is 6.07. The van der Waals surface area contributed by atoms with Crippen molar-refractivity contribution in [3.63, 3.8) is 0 Å². The summed E-state index contributed by atoms with van der Waals surface area (Å²) in [5, 5.41) is 18.6. The fraction of sp³-hybridized carbons (Fsp3) is 0.571. The highest BCUT2D eigenvalue weighted by Gasteiger charge is 2.32. The predicted molar refractivity (Wildman–Crippen MR) is 38.9 cm³/mol. The van der Waals surface area contributed by atoms with Crippen LogP contribution in [-0.4, -0.2) is 28.3 Å². The number of aliphatic hydroxyl groups is 2. The van der Waals surface area contributed by atoms with Crippen LogP contribution in [0.25, 0.3) is 0 Å². The minimum Gasteiger partial charge on any atom is -0.381 e. The maximum Gasteiger partial charge on any atom is 0.177 e. The molecule has 0 saturated carbocycles. The Balaban J connectivity index is 2.93. The number of allylic oxidation sites excluding steroid dienone is 1. The smallest absolute Gasteiger partial charge is 0.177 e. The van der Waals surface area contributed by atoms with Gasteiger partial charge >= 0.3 is 0 Å². The molecule has 0 amide bonds. The molecule has 0 saturated heterocycles. The lowest BCUT2D eigenvalue weighted by molar-refractivity contribution is -0.0302. The molecule has 0 aromatic carbocycles. The molecule has 1 aliphatic rings. The van der Waals surface area contributed by atoms with Crippen molar-refractivity contribution in [3.8, 4) is 0 Å². The van der Waals surface area contributed by atoms with Gasteiger partial charge in [-0.15, -0.1) is 0 Å². The summed E-state index contributed by atoms with van der Waals surface area (Å²) in [7, 11) is 0. The Morgan fingerprint density at radius 2 is 2.30 bits per heavy atom. The molecule has 0 radical (unpaired) electrons. The van der Waals surface area contributed by atoms with Crippen LogP contribution in [0.15, 0.2) is 16.6 Å². The van der Waals surface area contributed by atoms with Gasteiger partial charge in [0.2, 0.25) is 0 Å². The topological polar surface area (TPSA) is 52.8 Å². The molecule has 2 atom stereocenters. The van der Waals surface area contributed by atoms with Crippen LogP contribution < -0.4 is 0 Å². The van der Waals surface area contributed by atoms with E-state index in [0.717, 1.165) is 5.57 Å². The SMILES string of the molecule is CC1=CC=NC(O)C1(C)O. The Kier molecular flexibility index (Phi) is 1.62. The van der Waals surface area contributed by atoms with Crippen molar-refractivity contribution in [2.75, 3.05) is 0 Å². The molecule has 56 valence electrons. The van der Waals surface area contributed by atoms with Gasteiger partial charge in [-0.3, -0.25) is 4.99 Å². The van der Waals surface area contributed by atoms with Gasteiger partial charge in [-0.2, -0.15) is 0 Å². The minimum atomic E-state index is -1.19. The first-order valence-electron chi connectivity index (χ1n) is 3.16. The molecule has 2 unspecified atom stereocenters. The third-order valence-corrected chi connectivity index (χ3v) is 1.85. The quantitative estimate of drug-likeness (QED) is 0.502. The molecule has 0 bridgehead atoms. The summed E-state index contributed by atoms with van der Waals surface area (Å²) >= 11 is 0. The Morgan fingerprint density at radius 1 is 1.70 bits per heavy atom. The van der Waals surface area contributed by atoms with Crippen LogP contribution in [0.1, 0.15) is 13.8 Å². The molecule has 1 aliphatic heterocycles. The Bertz CT molecular complexity index is 194. The number of dihydropyridines is 1. The third kappa shape index (κ3) is 0.978. The maximum atomic E-state index is 9.48. The van der Waals surface area contributed by atoms with E-state index >= 15 is 0 Å². The average Bonchev–Trinajstić information content (AvgIpc) is 1.84. The number of rotatable bonds is 0. The first kappa shape index (κ1) is 7.44. The summed E-state index contributed by atoms with van der Waals surface area (Å²) in [6.07, 6.45) is 2.17.